The van der Waals surface area contributed by atoms with Gasteiger partial charge in [-0.05, 0) is 48.5 Å². The van der Waals surface area contributed by atoms with E-state index in [0.717, 1.165) is 27.2 Å². The zero-order valence-corrected chi connectivity index (χ0v) is 12.9. The molecule has 1 N–H and O–H groups in total. The first kappa shape index (κ1) is 13.7. The van der Waals surface area contributed by atoms with E-state index in [-0.39, 0.29) is 5.75 Å². The summed E-state index contributed by atoms with van der Waals surface area (Å²) in [5.41, 5.74) is 2.45. The first-order chi connectivity index (χ1) is 10.2. The molecule has 0 aliphatic carbocycles. The lowest BCUT2D eigenvalue weighted by Crippen LogP contribution is -1.99. The number of ether oxygens (including phenoxy) is 1. The maximum absolute atomic E-state index is 10.1. The van der Waals surface area contributed by atoms with E-state index in [1.807, 2.05) is 42.5 Å². The molecule has 0 radical (unpaired) electrons. The Balaban J connectivity index is 2.07. The maximum Gasteiger partial charge on any atom is 0.126 e. The predicted octanol–water partition coefficient (Wildman–Crippen LogP) is 4.02. The minimum absolute atomic E-state index is 0.208. The first-order valence-corrected chi connectivity index (χ1v) is 7.15. The molecule has 0 saturated heterocycles. The maximum atomic E-state index is 10.1. The highest BCUT2D eigenvalue weighted by Gasteiger charge is 2.11. The Kier molecular flexibility index (Phi) is 3.66. The SMILES string of the molecule is COc1ccc(-n2nccc2-c2ccc(Br)cc2O)cc1. The number of nitrogens with zero attached hydrogens (tertiary/aromatic N) is 2. The minimum Gasteiger partial charge on any atom is -0.507 e. The van der Waals surface area contributed by atoms with Crippen molar-refractivity contribution < 1.29 is 9.84 Å². The number of aromatic nitrogens is 2. The molecule has 0 fully saturated rings. The summed E-state index contributed by atoms with van der Waals surface area (Å²) in [6.45, 7) is 0. The smallest absolute Gasteiger partial charge is 0.126 e. The van der Waals surface area contributed by atoms with Gasteiger partial charge in [0.15, 0.2) is 0 Å². The molecule has 0 saturated carbocycles. The number of phenolic OH excluding ortho intramolecular Hbond substituents is 1. The average molecular weight is 345 g/mol. The zero-order chi connectivity index (χ0) is 14.8. The van der Waals surface area contributed by atoms with Crippen LogP contribution in [-0.4, -0.2) is 22.0 Å². The van der Waals surface area contributed by atoms with Crippen LogP contribution in [0.15, 0.2) is 59.2 Å². The highest BCUT2D eigenvalue weighted by Crippen LogP contribution is 2.32. The van der Waals surface area contributed by atoms with Crippen molar-refractivity contribution in [1.29, 1.82) is 0 Å². The fraction of sp³-hybridized carbons (Fsp3) is 0.0625. The monoisotopic (exact) mass is 344 g/mol. The van der Waals surface area contributed by atoms with E-state index in [1.54, 1.807) is 24.1 Å². The topological polar surface area (TPSA) is 47.3 Å². The van der Waals surface area contributed by atoms with Gasteiger partial charge in [-0.2, -0.15) is 5.10 Å². The molecule has 0 spiro atoms. The van der Waals surface area contributed by atoms with Gasteiger partial charge in [-0.1, -0.05) is 15.9 Å². The highest BCUT2D eigenvalue weighted by molar-refractivity contribution is 9.10. The summed E-state index contributed by atoms with van der Waals surface area (Å²) in [5, 5.41) is 14.5. The molecule has 0 unspecified atom stereocenters. The van der Waals surface area contributed by atoms with Crippen molar-refractivity contribution in [2.24, 2.45) is 0 Å². The van der Waals surface area contributed by atoms with Crippen LogP contribution < -0.4 is 4.74 Å². The van der Waals surface area contributed by atoms with Gasteiger partial charge in [-0.15, -0.1) is 0 Å². The summed E-state index contributed by atoms with van der Waals surface area (Å²) >= 11 is 3.34. The molecular formula is C16H13BrN2O2. The number of methoxy groups -OCH3 is 1. The van der Waals surface area contributed by atoms with Crippen molar-refractivity contribution in [2.45, 2.75) is 0 Å². The molecule has 4 nitrogen and oxygen atoms in total. The van der Waals surface area contributed by atoms with Crippen LogP contribution in [0.4, 0.5) is 0 Å². The van der Waals surface area contributed by atoms with Gasteiger partial charge in [0.05, 0.1) is 24.7 Å². The molecule has 0 atom stereocenters. The molecule has 0 aliphatic heterocycles. The van der Waals surface area contributed by atoms with E-state index in [0.29, 0.717) is 0 Å². The lowest BCUT2D eigenvalue weighted by molar-refractivity contribution is 0.414. The van der Waals surface area contributed by atoms with Gasteiger partial charge in [0.2, 0.25) is 0 Å². The van der Waals surface area contributed by atoms with E-state index in [2.05, 4.69) is 21.0 Å². The molecule has 2 aromatic carbocycles. The van der Waals surface area contributed by atoms with Gasteiger partial charge in [0.1, 0.15) is 11.5 Å². The van der Waals surface area contributed by atoms with Crippen LogP contribution in [0.2, 0.25) is 0 Å². The molecule has 0 amide bonds. The second kappa shape index (κ2) is 5.61. The van der Waals surface area contributed by atoms with Crippen molar-refractivity contribution in [2.75, 3.05) is 7.11 Å². The Labute approximate surface area is 130 Å². The minimum atomic E-state index is 0.208. The average Bonchev–Trinajstić information content (AvgIpc) is 2.96. The molecule has 21 heavy (non-hydrogen) atoms. The molecule has 0 bridgehead atoms. The standard InChI is InChI=1S/C16H13BrN2O2/c1-21-13-5-3-12(4-6-13)19-15(8-9-18-19)14-7-2-11(17)10-16(14)20/h2-10,20H,1H3. The number of hydrogen-bond acceptors (Lipinski definition) is 3. The molecule has 3 rings (SSSR count). The lowest BCUT2D eigenvalue weighted by Gasteiger charge is -2.10. The van der Waals surface area contributed by atoms with Crippen molar-refractivity contribution in [3.63, 3.8) is 0 Å². The van der Waals surface area contributed by atoms with Crippen LogP contribution in [0.3, 0.4) is 0 Å². The number of aromatic hydroxyl groups is 1. The van der Waals surface area contributed by atoms with E-state index < -0.39 is 0 Å². The third-order valence-corrected chi connectivity index (χ3v) is 3.69. The fourth-order valence-electron chi connectivity index (χ4n) is 2.16. The van der Waals surface area contributed by atoms with E-state index >= 15 is 0 Å². The number of hydrogen-bond donors (Lipinski definition) is 1. The summed E-state index contributed by atoms with van der Waals surface area (Å²) in [6.07, 6.45) is 1.71. The largest absolute Gasteiger partial charge is 0.507 e. The third kappa shape index (κ3) is 2.64. The summed E-state index contributed by atoms with van der Waals surface area (Å²) in [7, 11) is 1.63. The van der Waals surface area contributed by atoms with Crippen LogP contribution in [0, 0.1) is 0 Å². The zero-order valence-electron chi connectivity index (χ0n) is 11.3. The quantitative estimate of drug-likeness (QED) is 0.780. The Bertz CT molecular complexity index is 766. The molecule has 0 aliphatic rings. The molecular weight excluding hydrogens is 332 g/mol. The van der Waals surface area contributed by atoms with Gasteiger partial charge >= 0.3 is 0 Å². The summed E-state index contributed by atoms with van der Waals surface area (Å²) in [6, 6.07) is 14.9. The Morgan fingerprint density at radius 2 is 1.86 bits per heavy atom. The van der Waals surface area contributed by atoms with Crippen molar-refractivity contribution in [3.05, 3.63) is 59.2 Å². The van der Waals surface area contributed by atoms with Crippen molar-refractivity contribution in [1.82, 2.24) is 9.78 Å². The van der Waals surface area contributed by atoms with Gasteiger partial charge in [0, 0.05) is 10.0 Å². The molecule has 5 heteroatoms. The lowest BCUT2D eigenvalue weighted by atomic mass is 10.1. The number of rotatable bonds is 3. The summed E-state index contributed by atoms with van der Waals surface area (Å²) in [4.78, 5) is 0. The second-order valence-corrected chi connectivity index (χ2v) is 5.40. The molecule has 3 aromatic rings. The molecule has 1 aromatic heterocycles. The van der Waals surface area contributed by atoms with Crippen LogP contribution in [0.5, 0.6) is 11.5 Å². The van der Waals surface area contributed by atoms with Crippen LogP contribution >= 0.6 is 15.9 Å². The van der Waals surface area contributed by atoms with Crippen molar-refractivity contribution in [3.8, 4) is 28.4 Å². The number of benzene rings is 2. The fourth-order valence-corrected chi connectivity index (χ4v) is 2.51. The van der Waals surface area contributed by atoms with Gasteiger partial charge < -0.3 is 9.84 Å². The molecule has 106 valence electrons. The van der Waals surface area contributed by atoms with Crippen LogP contribution in [-0.2, 0) is 0 Å². The van der Waals surface area contributed by atoms with Crippen LogP contribution in [0.25, 0.3) is 16.9 Å². The Morgan fingerprint density at radius 3 is 2.52 bits per heavy atom. The normalized spacial score (nSPS) is 10.6. The predicted molar refractivity (Wildman–Crippen MR) is 84.9 cm³/mol. The van der Waals surface area contributed by atoms with Gasteiger partial charge in [0.25, 0.3) is 0 Å². The number of halogens is 1. The Hall–Kier alpha value is -2.27. The Morgan fingerprint density at radius 1 is 1.10 bits per heavy atom. The summed E-state index contributed by atoms with van der Waals surface area (Å²) in [5.74, 6) is 0.999. The third-order valence-electron chi connectivity index (χ3n) is 3.20. The first-order valence-electron chi connectivity index (χ1n) is 6.36. The highest BCUT2D eigenvalue weighted by atomic mass is 79.9. The van der Waals surface area contributed by atoms with Crippen molar-refractivity contribution >= 4 is 15.9 Å². The molecule has 1 heterocycles. The van der Waals surface area contributed by atoms with E-state index in [1.165, 1.54) is 0 Å². The van der Waals surface area contributed by atoms with Gasteiger partial charge in [-0.3, -0.25) is 0 Å². The van der Waals surface area contributed by atoms with E-state index in [9.17, 15) is 5.11 Å². The van der Waals surface area contributed by atoms with E-state index in [4.69, 9.17) is 4.74 Å². The van der Waals surface area contributed by atoms with Gasteiger partial charge in [-0.25, -0.2) is 4.68 Å². The summed E-state index contributed by atoms with van der Waals surface area (Å²) < 4.78 is 7.77. The second-order valence-electron chi connectivity index (χ2n) is 4.49. The number of phenols is 1. The van der Waals surface area contributed by atoms with Crippen LogP contribution in [0.1, 0.15) is 0 Å².